The Morgan fingerprint density at radius 2 is 1.85 bits per heavy atom. The van der Waals surface area contributed by atoms with Crippen LogP contribution in [0.5, 0.6) is 0 Å². The molecule has 140 valence electrons. The van der Waals surface area contributed by atoms with Crippen molar-refractivity contribution in [2.75, 3.05) is 19.6 Å². The Kier molecular flexibility index (Phi) is 5.35. The Hall–Kier alpha value is -2.46. The van der Waals surface area contributed by atoms with Crippen molar-refractivity contribution in [2.45, 2.75) is 38.0 Å². The van der Waals surface area contributed by atoms with E-state index in [9.17, 15) is 0 Å². The van der Waals surface area contributed by atoms with Gasteiger partial charge in [0.25, 0.3) is 0 Å². The average Bonchev–Trinajstić information content (AvgIpc) is 3.26. The van der Waals surface area contributed by atoms with Gasteiger partial charge in [0.2, 0.25) is 0 Å². The third-order valence-electron chi connectivity index (χ3n) is 5.97. The van der Waals surface area contributed by atoms with E-state index in [0.29, 0.717) is 0 Å². The Morgan fingerprint density at radius 3 is 2.59 bits per heavy atom. The molecule has 4 nitrogen and oxygen atoms in total. The van der Waals surface area contributed by atoms with Gasteiger partial charge in [0.05, 0.1) is 0 Å². The van der Waals surface area contributed by atoms with Crippen LogP contribution in [0.25, 0.3) is 11.4 Å². The van der Waals surface area contributed by atoms with Crippen molar-refractivity contribution in [3.05, 3.63) is 72.1 Å². The monoisotopic (exact) mass is 360 g/mol. The fraction of sp³-hybridized carbons (Fsp3) is 0.391. The van der Waals surface area contributed by atoms with E-state index in [2.05, 4.69) is 81.6 Å². The van der Waals surface area contributed by atoms with Gasteiger partial charge in [-0.25, -0.2) is 4.98 Å². The second-order valence-corrected chi connectivity index (χ2v) is 7.89. The first-order valence-corrected chi connectivity index (χ1v) is 9.96. The molecule has 27 heavy (non-hydrogen) atoms. The highest BCUT2D eigenvalue weighted by Crippen LogP contribution is 2.36. The van der Waals surface area contributed by atoms with Crippen molar-refractivity contribution in [1.82, 2.24) is 20.1 Å². The number of rotatable bonds is 6. The summed E-state index contributed by atoms with van der Waals surface area (Å²) in [4.78, 5) is 6.92. The molecule has 0 unspecified atom stereocenters. The Morgan fingerprint density at radius 1 is 1.04 bits per heavy atom. The maximum atomic E-state index is 4.29. The van der Waals surface area contributed by atoms with Gasteiger partial charge in [0, 0.05) is 5.56 Å². The number of aryl methyl sites for hydroxylation is 1. The molecule has 1 fully saturated rings. The number of piperidine rings is 1. The van der Waals surface area contributed by atoms with E-state index in [1.54, 1.807) is 6.33 Å². The average molecular weight is 361 g/mol. The van der Waals surface area contributed by atoms with E-state index >= 15 is 0 Å². The first kappa shape index (κ1) is 17.9. The lowest BCUT2D eigenvalue weighted by molar-refractivity contribution is 0.167. The molecule has 3 aromatic rings. The summed E-state index contributed by atoms with van der Waals surface area (Å²) in [6.45, 7) is 5.96. The maximum Gasteiger partial charge on any atom is 0.180 e. The van der Waals surface area contributed by atoms with Crippen LogP contribution in [0.4, 0.5) is 0 Å². The zero-order valence-electron chi connectivity index (χ0n) is 16.1. The minimum absolute atomic E-state index is 0.238. The summed E-state index contributed by atoms with van der Waals surface area (Å²) in [6, 6.07) is 19.6. The highest BCUT2D eigenvalue weighted by Gasteiger charge is 2.31. The second-order valence-electron chi connectivity index (χ2n) is 7.89. The predicted octanol–water partition coefficient (Wildman–Crippen LogP) is 4.46. The molecule has 1 N–H and O–H groups in total. The standard InChI is InChI=1S/C23H28N4/c1-23(21-11-5-10-20(17-21)22-24-18-25-26-22)12-15-27(16-13-23)14-6-9-19-7-3-2-4-8-19/h2-5,7-8,10-11,17-18H,6,9,12-16H2,1H3,(H,24,25,26). The fourth-order valence-corrected chi connectivity index (χ4v) is 4.09. The van der Waals surface area contributed by atoms with Crippen LogP contribution in [-0.4, -0.2) is 39.7 Å². The molecule has 0 spiro atoms. The molecule has 1 aliphatic heterocycles. The largest absolute Gasteiger partial charge is 0.303 e. The van der Waals surface area contributed by atoms with Gasteiger partial charge < -0.3 is 4.90 Å². The topological polar surface area (TPSA) is 44.8 Å². The number of likely N-dealkylation sites (tertiary alicyclic amines) is 1. The minimum Gasteiger partial charge on any atom is -0.303 e. The van der Waals surface area contributed by atoms with Crippen molar-refractivity contribution < 1.29 is 0 Å². The van der Waals surface area contributed by atoms with Crippen LogP contribution >= 0.6 is 0 Å². The smallest absolute Gasteiger partial charge is 0.180 e. The van der Waals surface area contributed by atoms with Crippen LogP contribution in [0.2, 0.25) is 0 Å². The van der Waals surface area contributed by atoms with E-state index in [1.807, 2.05) is 0 Å². The Labute approximate surface area is 161 Å². The highest BCUT2D eigenvalue weighted by molar-refractivity contribution is 5.56. The molecule has 0 radical (unpaired) electrons. The van der Waals surface area contributed by atoms with E-state index in [1.165, 1.54) is 56.4 Å². The summed E-state index contributed by atoms with van der Waals surface area (Å²) >= 11 is 0. The number of benzene rings is 2. The van der Waals surface area contributed by atoms with Gasteiger partial charge in [0.15, 0.2) is 5.82 Å². The molecular weight excluding hydrogens is 332 g/mol. The van der Waals surface area contributed by atoms with Crippen molar-refractivity contribution >= 4 is 0 Å². The van der Waals surface area contributed by atoms with Crippen molar-refractivity contribution in [3.63, 3.8) is 0 Å². The number of aromatic amines is 1. The maximum absolute atomic E-state index is 4.29. The third-order valence-corrected chi connectivity index (χ3v) is 5.97. The Balaban J connectivity index is 1.33. The van der Waals surface area contributed by atoms with Gasteiger partial charge >= 0.3 is 0 Å². The lowest BCUT2D eigenvalue weighted by Crippen LogP contribution is -2.41. The van der Waals surface area contributed by atoms with Crippen molar-refractivity contribution in [2.24, 2.45) is 0 Å². The molecule has 2 heterocycles. The molecule has 1 aliphatic rings. The summed E-state index contributed by atoms with van der Waals surface area (Å²) in [5.41, 5.74) is 4.19. The zero-order chi connectivity index (χ0) is 18.5. The molecule has 0 amide bonds. The number of nitrogens with zero attached hydrogens (tertiary/aromatic N) is 3. The van der Waals surface area contributed by atoms with Crippen molar-refractivity contribution in [3.8, 4) is 11.4 Å². The van der Waals surface area contributed by atoms with Gasteiger partial charge in [-0.2, -0.15) is 5.10 Å². The minimum atomic E-state index is 0.238. The number of hydrogen-bond acceptors (Lipinski definition) is 3. The Bertz CT molecular complexity index is 834. The van der Waals surface area contributed by atoms with Crippen LogP contribution in [-0.2, 0) is 11.8 Å². The molecule has 1 aromatic heterocycles. The van der Waals surface area contributed by atoms with Crippen LogP contribution in [0, 0.1) is 0 Å². The molecule has 4 rings (SSSR count). The van der Waals surface area contributed by atoms with E-state index in [-0.39, 0.29) is 5.41 Å². The quantitative estimate of drug-likeness (QED) is 0.706. The summed E-state index contributed by atoms with van der Waals surface area (Å²) in [5, 5.41) is 7.03. The third kappa shape index (κ3) is 4.28. The fourth-order valence-electron chi connectivity index (χ4n) is 4.09. The summed E-state index contributed by atoms with van der Waals surface area (Å²) < 4.78 is 0. The summed E-state index contributed by atoms with van der Waals surface area (Å²) in [6.07, 6.45) is 6.46. The molecule has 4 heteroatoms. The van der Waals surface area contributed by atoms with E-state index in [4.69, 9.17) is 0 Å². The molecule has 0 atom stereocenters. The van der Waals surface area contributed by atoms with Gasteiger partial charge in [-0.15, -0.1) is 0 Å². The molecule has 0 saturated carbocycles. The SMILES string of the molecule is CC1(c2cccc(-c3nc[nH]n3)c2)CCN(CCCc2ccccc2)CC1. The summed E-state index contributed by atoms with van der Waals surface area (Å²) in [7, 11) is 0. The van der Waals surface area contributed by atoms with Crippen LogP contribution in [0.3, 0.4) is 0 Å². The zero-order valence-corrected chi connectivity index (χ0v) is 16.1. The van der Waals surface area contributed by atoms with Gasteiger partial charge in [-0.05, 0) is 67.9 Å². The normalized spacial score (nSPS) is 17.1. The number of hydrogen-bond donors (Lipinski definition) is 1. The molecule has 1 saturated heterocycles. The number of nitrogens with one attached hydrogen (secondary N) is 1. The highest BCUT2D eigenvalue weighted by atomic mass is 15.2. The van der Waals surface area contributed by atoms with E-state index in [0.717, 1.165) is 11.4 Å². The molecule has 2 aromatic carbocycles. The van der Waals surface area contributed by atoms with Crippen molar-refractivity contribution in [1.29, 1.82) is 0 Å². The molecule has 0 bridgehead atoms. The van der Waals surface area contributed by atoms with Crippen LogP contribution in [0.15, 0.2) is 60.9 Å². The number of aromatic nitrogens is 3. The van der Waals surface area contributed by atoms with Gasteiger partial charge in [-0.3, -0.25) is 5.10 Å². The lowest BCUT2D eigenvalue weighted by Gasteiger charge is -2.40. The van der Waals surface area contributed by atoms with Crippen LogP contribution in [0.1, 0.15) is 37.3 Å². The predicted molar refractivity (Wildman–Crippen MR) is 110 cm³/mol. The van der Waals surface area contributed by atoms with Crippen LogP contribution < -0.4 is 0 Å². The molecule has 0 aliphatic carbocycles. The molecular formula is C23H28N4. The summed E-state index contributed by atoms with van der Waals surface area (Å²) in [5.74, 6) is 0.777. The first-order valence-electron chi connectivity index (χ1n) is 9.96. The van der Waals surface area contributed by atoms with Gasteiger partial charge in [-0.1, -0.05) is 55.5 Å². The lowest BCUT2D eigenvalue weighted by atomic mass is 9.74. The van der Waals surface area contributed by atoms with E-state index < -0.39 is 0 Å². The first-order chi connectivity index (χ1) is 13.2. The van der Waals surface area contributed by atoms with Gasteiger partial charge in [0.1, 0.15) is 6.33 Å². The second kappa shape index (κ2) is 8.05. The number of H-pyrrole nitrogens is 1.